The summed E-state index contributed by atoms with van der Waals surface area (Å²) in [5.41, 5.74) is 4.05. The Balaban J connectivity index is 1.79. The van der Waals surface area contributed by atoms with E-state index in [1.165, 1.54) is 0 Å². The third kappa shape index (κ3) is 2.38. The van der Waals surface area contributed by atoms with Gasteiger partial charge in [0.05, 0.1) is 5.56 Å². The first-order valence-electron chi connectivity index (χ1n) is 7.55. The molecule has 0 aromatic heterocycles. The van der Waals surface area contributed by atoms with Gasteiger partial charge in [-0.3, -0.25) is 0 Å². The van der Waals surface area contributed by atoms with Crippen LogP contribution in [0.2, 0.25) is 0 Å². The van der Waals surface area contributed by atoms with Gasteiger partial charge in [-0.25, -0.2) is 4.79 Å². The second kappa shape index (κ2) is 5.42. The van der Waals surface area contributed by atoms with Crippen LogP contribution in [0.25, 0.3) is 11.1 Å². The van der Waals surface area contributed by atoms with E-state index in [9.17, 15) is 15.0 Å². The van der Waals surface area contributed by atoms with Crippen molar-refractivity contribution in [2.75, 3.05) is 0 Å². The number of hydrogen-bond acceptors (Lipinski definition) is 4. The van der Waals surface area contributed by atoms with Gasteiger partial charge in [-0.05, 0) is 53.1 Å². The minimum absolute atomic E-state index is 0.168. The highest BCUT2D eigenvalue weighted by molar-refractivity contribution is 5.95. The van der Waals surface area contributed by atoms with Crippen molar-refractivity contribution in [1.82, 2.24) is 0 Å². The third-order valence-electron chi connectivity index (χ3n) is 4.18. The van der Waals surface area contributed by atoms with E-state index in [0.29, 0.717) is 5.56 Å². The first-order chi connectivity index (χ1) is 11.6. The lowest BCUT2D eigenvalue weighted by atomic mass is 9.94. The normalized spacial score (nSPS) is 15.8. The van der Waals surface area contributed by atoms with E-state index < -0.39 is 6.10 Å². The molecule has 4 nitrogen and oxygen atoms in total. The number of aromatic hydroxyl groups is 2. The van der Waals surface area contributed by atoms with E-state index in [2.05, 4.69) is 0 Å². The van der Waals surface area contributed by atoms with Crippen molar-refractivity contribution in [3.63, 3.8) is 0 Å². The number of carbonyl (C=O) groups excluding carboxylic acids is 1. The summed E-state index contributed by atoms with van der Waals surface area (Å²) >= 11 is 0. The summed E-state index contributed by atoms with van der Waals surface area (Å²) in [7, 11) is 0. The summed E-state index contributed by atoms with van der Waals surface area (Å²) in [6.45, 7) is 0. The molecule has 1 unspecified atom stereocenters. The molecule has 0 aliphatic carbocycles. The van der Waals surface area contributed by atoms with Gasteiger partial charge >= 0.3 is 5.97 Å². The molecule has 0 bridgehead atoms. The zero-order valence-electron chi connectivity index (χ0n) is 12.6. The summed E-state index contributed by atoms with van der Waals surface area (Å²) in [5.74, 6) is 0.0295. The monoisotopic (exact) mass is 318 g/mol. The number of benzene rings is 3. The molecule has 0 spiro atoms. The molecule has 3 aromatic carbocycles. The fourth-order valence-corrected chi connectivity index (χ4v) is 2.93. The number of cyclic esters (lactones) is 1. The molecule has 118 valence electrons. The highest BCUT2D eigenvalue weighted by Crippen LogP contribution is 2.38. The van der Waals surface area contributed by atoms with Crippen molar-refractivity contribution in [3.8, 4) is 22.6 Å². The summed E-state index contributed by atoms with van der Waals surface area (Å²) in [6, 6.07) is 19.1. The molecule has 0 amide bonds. The summed E-state index contributed by atoms with van der Waals surface area (Å²) < 4.78 is 5.51. The topological polar surface area (TPSA) is 66.8 Å². The van der Waals surface area contributed by atoms with Gasteiger partial charge in [0, 0.05) is 5.56 Å². The smallest absolute Gasteiger partial charge is 0.339 e. The van der Waals surface area contributed by atoms with Crippen LogP contribution in [0.1, 0.15) is 27.6 Å². The van der Waals surface area contributed by atoms with Crippen LogP contribution in [0.5, 0.6) is 11.5 Å². The Bertz CT molecular complexity index is 911. The highest BCUT2D eigenvalue weighted by atomic mass is 16.5. The number of ether oxygens (including phenoxy) is 1. The lowest BCUT2D eigenvalue weighted by molar-refractivity contribution is 0.0456. The molecule has 2 N–H and O–H groups in total. The van der Waals surface area contributed by atoms with E-state index in [4.69, 9.17) is 4.74 Å². The maximum absolute atomic E-state index is 12.1. The largest absolute Gasteiger partial charge is 0.508 e. The highest BCUT2D eigenvalue weighted by Gasteiger charge is 2.32. The van der Waals surface area contributed by atoms with Gasteiger partial charge < -0.3 is 14.9 Å². The number of carbonyl (C=O) groups is 1. The fraction of sp³-hybridized carbons (Fsp3) is 0.0500. The van der Waals surface area contributed by atoms with Crippen LogP contribution in [-0.4, -0.2) is 16.2 Å². The molecule has 1 atom stereocenters. The van der Waals surface area contributed by atoms with Crippen LogP contribution < -0.4 is 0 Å². The Labute approximate surface area is 138 Å². The molecule has 0 saturated heterocycles. The molecular weight excluding hydrogens is 304 g/mol. The Hall–Kier alpha value is -3.27. The van der Waals surface area contributed by atoms with E-state index in [1.807, 2.05) is 24.3 Å². The van der Waals surface area contributed by atoms with Crippen LogP contribution in [0.4, 0.5) is 0 Å². The average molecular weight is 318 g/mol. The maximum Gasteiger partial charge on any atom is 0.339 e. The van der Waals surface area contributed by atoms with E-state index >= 15 is 0 Å². The van der Waals surface area contributed by atoms with Gasteiger partial charge in [0.15, 0.2) is 6.10 Å². The standard InChI is InChI=1S/C20H14O4/c21-15-6-1-12(2-7-15)14-5-10-17-18(11-14)19(24-20(17)23)13-3-8-16(22)9-4-13/h1-11,19,21-22H. The molecule has 0 fully saturated rings. The molecule has 3 aromatic rings. The minimum atomic E-state index is -0.481. The fourth-order valence-electron chi connectivity index (χ4n) is 2.93. The maximum atomic E-state index is 12.1. The van der Waals surface area contributed by atoms with Gasteiger partial charge in [-0.15, -0.1) is 0 Å². The third-order valence-corrected chi connectivity index (χ3v) is 4.18. The van der Waals surface area contributed by atoms with Crippen molar-refractivity contribution in [2.24, 2.45) is 0 Å². The molecule has 0 radical (unpaired) electrons. The molecule has 0 saturated carbocycles. The molecule has 1 aliphatic rings. The number of fused-ring (bicyclic) bond motifs is 1. The zero-order valence-corrected chi connectivity index (χ0v) is 12.6. The second-order valence-corrected chi connectivity index (χ2v) is 5.73. The van der Waals surface area contributed by atoms with Crippen molar-refractivity contribution < 1.29 is 19.7 Å². The Morgan fingerprint density at radius 2 is 1.33 bits per heavy atom. The van der Waals surface area contributed by atoms with Crippen LogP contribution in [0, 0.1) is 0 Å². The lowest BCUT2D eigenvalue weighted by Crippen LogP contribution is -2.00. The quantitative estimate of drug-likeness (QED) is 0.700. The van der Waals surface area contributed by atoms with E-state index in [1.54, 1.807) is 42.5 Å². The van der Waals surface area contributed by atoms with Crippen molar-refractivity contribution in [2.45, 2.75) is 6.10 Å². The first-order valence-corrected chi connectivity index (χ1v) is 7.55. The summed E-state index contributed by atoms with van der Waals surface area (Å²) in [6.07, 6.45) is -0.481. The molecule has 24 heavy (non-hydrogen) atoms. The second-order valence-electron chi connectivity index (χ2n) is 5.73. The Morgan fingerprint density at radius 3 is 2.00 bits per heavy atom. The van der Waals surface area contributed by atoms with Gasteiger partial charge in [-0.2, -0.15) is 0 Å². The van der Waals surface area contributed by atoms with Crippen LogP contribution in [-0.2, 0) is 4.74 Å². The van der Waals surface area contributed by atoms with Gasteiger partial charge in [0.1, 0.15) is 11.5 Å². The van der Waals surface area contributed by atoms with Crippen molar-refractivity contribution in [1.29, 1.82) is 0 Å². The number of phenols is 2. The van der Waals surface area contributed by atoms with Gasteiger partial charge in [0.2, 0.25) is 0 Å². The van der Waals surface area contributed by atoms with Gasteiger partial charge in [0.25, 0.3) is 0 Å². The van der Waals surface area contributed by atoms with Crippen LogP contribution in [0.15, 0.2) is 66.7 Å². The average Bonchev–Trinajstić information content (AvgIpc) is 2.93. The lowest BCUT2D eigenvalue weighted by Gasteiger charge is -2.12. The molecule has 4 rings (SSSR count). The molecule has 4 heteroatoms. The number of rotatable bonds is 2. The van der Waals surface area contributed by atoms with Crippen molar-refractivity contribution >= 4 is 5.97 Å². The Kier molecular flexibility index (Phi) is 3.24. The van der Waals surface area contributed by atoms with E-state index in [0.717, 1.165) is 22.3 Å². The number of phenolic OH excluding ortho intramolecular Hbond substituents is 2. The SMILES string of the molecule is O=C1OC(c2ccc(O)cc2)c2cc(-c3ccc(O)cc3)ccc21. The summed E-state index contributed by atoms with van der Waals surface area (Å²) in [5, 5.41) is 18.9. The van der Waals surface area contributed by atoms with E-state index in [-0.39, 0.29) is 17.5 Å². The van der Waals surface area contributed by atoms with Crippen LogP contribution >= 0.6 is 0 Å². The number of hydrogen-bond donors (Lipinski definition) is 2. The minimum Gasteiger partial charge on any atom is -0.508 e. The first kappa shape index (κ1) is 14.3. The zero-order chi connectivity index (χ0) is 16.7. The van der Waals surface area contributed by atoms with Crippen molar-refractivity contribution in [3.05, 3.63) is 83.4 Å². The van der Waals surface area contributed by atoms with Crippen LogP contribution in [0.3, 0.4) is 0 Å². The molecule has 1 heterocycles. The Morgan fingerprint density at radius 1 is 0.750 bits per heavy atom. The predicted molar refractivity (Wildman–Crippen MR) is 88.9 cm³/mol. The number of esters is 1. The van der Waals surface area contributed by atoms with Gasteiger partial charge in [-0.1, -0.05) is 30.3 Å². The molecule has 1 aliphatic heterocycles. The predicted octanol–water partition coefficient (Wildman–Crippen LogP) is 4.02. The molecular formula is C20H14O4. The summed E-state index contributed by atoms with van der Waals surface area (Å²) in [4.78, 5) is 12.1.